The van der Waals surface area contributed by atoms with Gasteiger partial charge in [-0.15, -0.1) is 0 Å². The molecular weight excluding hydrogens is 220 g/mol. The lowest BCUT2D eigenvalue weighted by molar-refractivity contribution is -0.119. The van der Waals surface area contributed by atoms with Crippen molar-refractivity contribution in [3.05, 3.63) is 18.0 Å². The fraction of sp³-hybridized carbons (Fsp3) is 0.667. The minimum Gasteiger partial charge on any atom is -0.382 e. The smallest absolute Gasteiger partial charge is 0.139 e. The summed E-state index contributed by atoms with van der Waals surface area (Å²) in [4.78, 5) is 11.6. The topological polar surface area (TPSA) is 53.4 Å². The first kappa shape index (κ1) is 13.9. The van der Waals surface area contributed by atoms with Gasteiger partial charge in [-0.1, -0.05) is 0 Å². The number of ketones is 1. The standard InChI is InChI=1S/C12H20N2O3/c1-3-14-10-11(9-13-14)8-12(15)4-5-17-7-6-16-2/h9-10H,3-8H2,1-2H3. The summed E-state index contributed by atoms with van der Waals surface area (Å²) in [5.41, 5.74) is 0.966. The lowest BCUT2D eigenvalue weighted by Gasteiger charge is -2.02. The number of aryl methyl sites for hydroxylation is 1. The van der Waals surface area contributed by atoms with Crippen molar-refractivity contribution in [2.24, 2.45) is 0 Å². The Morgan fingerprint density at radius 2 is 2.24 bits per heavy atom. The van der Waals surface area contributed by atoms with Gasteiger partial charge in [0.1, 0.15) is 5.78 Å². The van der Waals surface area contributed by atoms with Gasteiger partial charge in [0.25, 0.3) is 0 Å². The Labute approximate surface area is 102 Å². The number of carbonyl (C=O) groups is 1. The molecule has 17 heavy (non-hydrogen) atoms. The number of ether oxygens (including phenoxy) is 2. The number of carbonyl (C=O) groups excluding carboxylic acids is 1. The summed E-state index contributed by atoms with van der Waals surface area (Å²) in [5, 5.41) is 4.13. The summed E-state index contributed by atoms with van der Waals surface area (Å²) in [7, 11) is 1.62. The Morgan fingerprint density at radius 1 is 1.41 bits per heavy atom. The van der Waals surface area contributed by atoms with Crippen molar-refractivity contribution in [3.63, 3.8) is 0 Å². The number of rotatable bonds is 9. The molecule has 0 aliphatic rings. The van der Waals surface area contributed by atoms with E-state index in [1.807, 2.05) is 17.8 Å². The van der Waals surface area contributed by atoms with Crippen LogP contribution in [0, 0.1) is 0 Å². The van der Waals surface area contributed by atoms with E-state index in [-0.39, 0.29) is 5.78 Å². The Hall–Kier alpha value is -1.20. The molecule has 1 aromatic heterocycles. The van der Waals surface area contributed by atoms with E-state index in [2.05, 4.69) is 5.10 Å². The Morgan fingerprint density at radius 3 is 2.88 bits per heavy atom. The van der Waals surface area contributed by atoms with Crippen molar-refractivity contribution in [2.45, 2.75) is 26.3 Å². The molecule has 0 bridgehead atoms. The molecule has 0 aliphatic carbocycles. The maximum atomic E-state index is 11.6. The molecule has 0 atom stereocenters. The van der Waals surface area contributed by atoms with Crippen molar-refractivity contribution in [1.82, 2.24) is 9.78 Å². The summed E-state index contributed by atoms with van der Waals surface area (Å²) < 4.78 is 11.9. The molecule has 0 saturated heterocycles. The van der Waals surface area contributed by atoms with Gasteiger partial charge in [-0.2, -0.15) is 5.10 Å². The van der Waals surface area contributed by atoms with Gasteiger partial charge in [-0.25, -0.2) is 0 Å². The van der Waals surface area contributed by atoms with E-state index in [9.17, 15) is 4.79 Å². The van der Waals surface area contributed by atoms with Gasteiger partial charge in [0.2, 0.25) is 0 Å². The van der Waals surface area contributed by atoms with Crippen molar-refractivity contribution in [2.75, 3.05) is 26.9 Å². The predicted octanol–water partition coefficient (Wildman–Crippen LogP) is 1.07. The molecule has 0 spiro atoms. The molecule has 0 amide bonds. The van der Waals surface area contributed by atoms with Gasteiger partial charge in [0.05, 0.1) is 26.0 Å². The molecule has 0 unspecified atom stereocenters. The minimum atomic E-state index is 0.179. The number of hydrogen-bond acceptors (Lipinski definition) is 4. The Bertz CT molecular complexity index is 336. The first-order chi connectivity index (χ1) is 8.26. The highest BCUT2D eigenvalue weighted by Crippen LogP contribution is 2.01. The highest BCUT2D eigenvalue weighted by atomic mass is 16.5. The average Bonchev–Trinajstić information content (AvgIpc) is 2.76. The Kier molecular flexibility index (Phi) is 6.50. The Balaban J connectivity index is 2.16. The molecular formula is C12H20N2O3. The molecule has 0 saturated carbocycles. The summed E-state index contributed by atoms with van der Waals surface area (Å²) in [6, 6.07) is 0. The molecule has 1 heterocycles. The number of Topliss-reactive ketones (excluding diaryl/α,β-unsaturated/α-hetero) is 1. The zero-order chi connectivity index (χ0) is 12.5. The minimum absolute atomic E-state index is 0.179. The van der Waals surface area contributed by atoms with E-state index in [0.717, 1.165) is 12.1 Å². The lowest BCUT2D eigenvalue weighted by atomic mass is 10.1. The van der Waals surface area contributed by atoms with Gasteiger partial charge in [0, 0.05) is 32.7 Å². The third-order valence-corrected chi connectivity index (χ3v) is 2.37. The third-order valence-electron chi connectivity index (χ3n) is 2.37. The molecule has 1 aromatic rings. The third kappa shape index (κ3) is 5.60. The fourth-order valence-corrected chi connectivity index (χ4v) is 1.42. The second kappa shape index (κ2) is 7.97. The maximum absolute atomic E-state index is 11.6. The van der Waals surface area contributed by atoms with Gasteiger partial charge in [-0.05, 0) is 12.5 Å². The average molecular weight is 240 g/mol. The van der Waals surface area contributed by atoms with Crippen LogP contribution in [0.25, 0.3) is 0 Å². The van der Waals surface area contributed by atoms with E-state index in [0.29, 0.717) is 32.7 Å². The zero-order valence-electron chi connectivity index (χ0n) is 10.5. The summed E-state index contributed by atoms with van der Waals surface area (Å²) in [5.74, 6) is 0.179. The van der Waals surface area contributed by atoms with Gasteiger partial charge in [-0.3, -0.25) is 9.48 Å². The summed E-state index contributed by atoms with van der Waals surface area (Å²) >= 11 is 0. The monoisotopic (exact) mass is 240 g/mol. The normalized spacial score (nSPS) is 10.7. The molecule has 96 valence electrons. The molecule has 0 N–H and O–H groups in total. The quantitative estimate of drug-likeness (QED) is 0.606. The van der Waals surface area contributed by atoms with Crippen molar-refractivity contribution in [3.8, 4) is 0 Å². The van der Waals surface area contributed by atoms with E-state index in [1.165, 1.54) is 0 Å². The molecule has 1 rings (SSSR count). The maximum Gasteiger partial charge on any atom is 0.139 e. The number of hydrogen-bond donors (Lipinski definition) is 0. The van der Waals surface area contributed by atoms with Gasteiger partial charge in [0.15, 0.2) is 0 Å². The van der Waals surface area contributed by atoms with Crippen LogP contribution in [-0.2, 0) is 27.2 Å². The number of nitrogens with zero attached hydrogens (tertiary/aromatic N) is 2. The van der Waals surface area contributed by atoms with Crippen LogP contribution in [0.2, 0.25) is 0 Å². The molecule has 0 fully saturated rings. The largest absolute Gasteiger partial charge is 0.382 e. The summed E-state index contributed by atoms with van der Waals surface area (Å²) in [6.07, 6.45) is 4.53. The number of methoxy groups -OCH3 is 1. The second-order valence-corrected chi connectivity index (χ2v) is 3.77. The van der Waals surface area contributed by atoms with Crippen LogP contribution in [0.15, 0.2) is 12.4 Å². The van der Waals surface area contributed by atoms with Crippen LogP contribution in [-0.4, -0.2) is 42.5 Å². The number of aromatic nitrogens is 2. The van der Waals surface area contributed by atoms with E-state index in [4.69, 9.17) is 9.47 Å². The molecule has 0 aromatic carbocycles. The van der Waals surface area contributed by atoms with Crippen LogP contribution in [0.4, 0.5) is 0 Å². The predicted molar refractivity (Wildman–Crippen MR) is 63.9 cm³/mol. The fourth-order valence-electron chi connectivity index (χ4n) is 1.42. The molecule has 5 heteroatoms. The van der Waals surface area contributed by atoms with E-state index < -0.39 is 0 Å². The SMILES string of the molecule is CCn1cc(CC(=O)CCOCCOC)cn1. The molecule has 5 nitrogen and oxygen atoms in total. The second-order valence-electron chi connectivity index (χ2n) is 3.77. The van der Waals surface area contributed by atoms with Crippen molar-refractivity contribution < 1.29 is 14.3 Å². The zero-order valence-corrected chi connectivity index (χ0v) is 10.5. The van der Waals surface area contributed by atoms with Crippen molar-refractivity contribution in [1.29, 1.82) is 0 Å². The van der Waals surface area contributed by atoms with E-state index >= 15 is 0 Å². The summed E-state index contributed by atoms with van der Waals surface area (Å²) in [6.45, 7) is 4.41. The van der Waals surface area contributed by atoms with Gasteiger partial charge < -0.3 is 9.47 Å². The molecule has 0 aliphatic heterocycles. The highest BCUT2D eigenvalue weighted by Gasteiger charge is 2.05. The van der Waals surface area contributed by atoms with E-state index in [1.54, 1.807) is 13.3 Å². The van der Waals surface area contributed by atoms with Crippen LogP contribution >= 0.6 is 0 Å². The van der Waals surface area contributed by atoms with Crippen LogP contribution in [0.1, 0.15) is 18.9 Å². The van der Waals surface area contributed by atoms with Crippen molar-refractivity contribution >= 4 is 5.78 Å². The highest BCUT2D eigenvalue weighted by molar-refractivity contribution is 5.80. The first-order valence-corrected chi connectivity index (χ1v) is 5.86. The lowest BCUT2D eigenvalue weighted by Crippen LogP contribution is -2.09. The van der Waals surface area contributed by atoms with Crippen LogP contribution in [0.5, 0.6) is 0 Å². The van der Waals surface area contributed by atoms with Gasteiger partial charge >= 0.3 is 0 Å². The first-order valence-electron chi connectivity index (χ1n) is 5.86. The van der Waals surface area contributed by atoms with Crippen LogP contribution in [0.3, 0.4) is 0 Å². The molecule has 0 radical (unpaired) electrons. The van der Waals surface area contributed by atoms with Crippen LogP contribution < -0.4 is 0 Å².